The van der Waals surface area contributed by atoms with E-state index in [0.717, 1.165) is 12.1 Å². The van der Waals surface area contributed by atoms with Gasteiger partial charge in [-0.15, -0.1) is 0 Å². The highest BCUT2D eigenvalue weighted by molar-refractivity contribution is 5.80. The number of nitrogens with zero attached hydrogens (tertiary/aromatic N) is 1. The average molecular weight is 247 g/mol. The molecule has 3 nitrogen and oxygen atoms in total. The highest BCUT2D eigenvalue weighted by Crippen LogP contribution is 2.33. The Kier molecular flexibility index (Phi) is 2.68. The van der Waals surface area contributed by atoms with Gasteiger partial charge in [-0.2, -0.15) is 13.2 Å². The van der Waals surface area contributed by atoms with Gasteiger partial charge in [0, 0.05) is 0 Å². The zero-order valence-corrected chi connectivity index (χ0v) is 8.55. The maximum Gasteiger partial charge on any atom is 0.419 e. The summed E-state index contributed by atoms with van der Waals surface area (Å²) in [5.41, 5.74) is 4.39. The van der Waals surface area contributed by atoms with Crippen LogP contribution in [0.4, 0.5) is 17.6 Å². The molecule has 1 aliphatic rings. The Bertz CT molecular complexity index is 467. The lowest BCUT2D eigenvalue weighted by atomic mass is 10.0. The molecular formula is C10H9F4N3. The first-order chi connectivity index (χ1) is 7.88. The number of nitrogens with one attached hydrogen (secondary N) is 1. The van der Waals surface area contributed by atoms with Crippen molar-refractivity contribution in [1.82, 2.24) is 5.32 Å². The second kappa shape index (κ2) is 3.90. The van der Waals surface area contributed by atoms with E-state index >= 15 is 0 Å². The molecule has 0 radical (unpaired) electrons. The number of hydrogen-bond acceptors (Lipinski definition) is 3. The molecule has 0 saturated carbocycles. The molecule has 0 saturated heterocycles. The van der Waals surface area contributed by atoms with Crippen molar-refractivity contribution in [2.24, 2.45) is 10.7 Å². The highest BCUT2D eigenvalue weighted by atomic mass is 19.4. The predicted octanol–water partition coefficient (Wildman–Crippen LogP) is 1.80. The minimum Gasteiger partial charge on any atom is -0.370 e. The zero-order valence-electron chi connectivity index (χ0n) is 8.55. The molecule has 0 aromatic heterocycles. The van der Waals surface area contributed by atoms with E-state index in [9.17, 15) is 17.6 Å². The molecule has 3 N–H and O–H groups in total. The Morgan fingerprint density at radius 1 is 1.35 bits per heavy atom. The Labute approximate surface area is 94.3 Å². The number of nitrogens with two attached hydrogens (primary N) is 1. The Balaban J connectivity index is 2.32. The van der Waals surface area contributed by atoms with Crippen LogP contribution in [0.3, 0.4) is 0 Å². The summed E-state index contributed by atoms with van der Waals surface area (Å²) in [6.07, 6.45) is -4.70. The highest BCUT2D eigenvalue weighted by Gasteiger charge is 2.35. The van der Waals surface area contributed by atoms with Gasteiger partial charge in [-0.05, 0) is 17.7 Å². The molecule has 2 rings (SSSR count). The number of rotatable bonds is 1. The minimum absolute atomic E-state index is 0.174. The third-order valence-corrected chi connectivity index (χ3v) is 2.46. The summed E-state index contributed by atoms with van der Waals surface area (Å²) in [5.74, 6) is -1.11. The van der Waals surface area contributed by atoms with Gasteiger partial charge in [0.2, 0.25) is 0 Å². The van der Waals surface area contributed by atoms with E-state index in [4.69, 9.17) is 5.73 Å². The molecule has 1 heterocycles. The summed E-state index contributed by atoms with van der Waals surface area (Å²) >= 11 is 0. The van der Waals surface area contributed by atoms with E-state index in [1.807, 2.05) is 0 Å². The molecule has 0 amide bonds. The standard InChI is InChI=1S/C10H9F4N3/c11-7-2-1-5(3-6(7)10(12,13)14)8-4-16-9(15)17-8/h1-3,8H,4H2,(H3,15,16,17). The van der Waals surface area contributed by atoms with Crippen LogP contribution in [0.1, 0.15) is 17.2 Å². The summed E-state index contributed by atoms with van der Waals surface area (Å²) in [5, 5.41) is 2.71. The number of halogens is 4. The van der Waals surface area contributed by atoms with Gasteiger partial charge in [-0.1, -0.05) is 6.07 Å². The van der Waals surface area contributed by atoms with Gasteiger partial charge in [0.15, 0.2) is 5.96 Å². The largest absolute Gasteiger partial charge is 0.419 e. The van der Waals surface area contributed by atoms with Crippen LogP contribution in [0.15, 0.2) is 23.2 Å². The smallest absolute Gasteiger partial charge is 0.370 e. The summed E-state index contributed by atoms with van der Waals surface area (Å²) in [7, 11) is 0. The molecule has 0 fully saturated rings. The van der Waals surface area contributed by atoms with Gasteiger partial charge in [-0.25, -0.2) is 4.39 Å². The van der Waals surface area contributed by atoms with E-state index in [1.165, 1.54) is 6.07 Å². The third-order valence-electron chi connectivity index (χ3n) is 2.46. The molecule has 0 spiro atoms. The molecular weight excluding hydrogens is 238 g/mol. The molecule has 92 valence electrons. The molecule has 17 heavy (non-hydrogen) atoms. The van der Waals surface area contributed by atoms with Crippen LogP contribution in [-0.4, -0.2) is 12.5 Å². The van der Waals surface area contributed by atoms with Crippen molar-refractivity contribution in [2.75, 3.05) is 6.54 Å². The van der Waals surface area contributed by atoms with Crippen LogP contribution in [0.2, 0.25) is 0 Å². The maximum absolute atomic E-state index is 13.0. The van der Waals surface area contributed by atoms with Gasteiger partial charge in [0.25, 0.3) is 0 Å². The molecule has 1 aromatic carbocycles. The normalized spacial score (nSPS) is 20.0. The van der Waals surface area contributed by atoms with Crippen molar-refractivity contribution >= 4 is 5.96 Å². The first kappa shape index (κ1) is 11.7. The summed E-state index contributed by atoms with van der Waals surface area (Å²) in [6, 6.07) is 2.43. The van der Waals surface area contributed by atoms with Crippen LogP contribution >= 0.6 is 0 Å². The number of alkyl halides is 3. The fraction of sp³-hybridized carbons (Fsp3) is 0.300. The van der Waals surface area contributed by atoms with Gasteiger partial charge >= 0.3 is 6.18 Å². The van der Waals surface area contributed by atoms with Crippen molar-refractivity contribution in [2.45, 2.75) is 12.2 Å². The Hall–Kier alpha value is -1.79. The van der Waals surface area contributed by atoms with E-state index < -0.39 is 23.6 Å². The lowest BCUT2D eigenvalue weighted by Gasteiger charge is -2.14. The van der Waals surface area contributed by atoms with Crippen molar-refractivity contribution in [3.63, 3.8) is 0 Å². The third kappa shape index (κ3) is 2.32. The average Bonchev–Trinajstić information content (AvgIpc) is 2.64. The second-order valence-corrected chi connectivity index (χ2v) is 3.66. The Morgan fingerprint density at radius 2 is 2.06 bits per heavy atom. The quantitative estimate of drug-likeness (QED) is 0.743. The molecule has 0 aliphatic carbocycles. The number of guanidine groups is 1. The summed E-state index contributed by atoms with van der Waals surface area (Å²) < 4.78 is 50.5. The van der Waals surface area contributed by atoms with Crippen LogP contribution in [0.5, 0.6) is 0 Å². The van der Waals surface area contributed by atoms with Crippen LogP contribution in [0, 0.1) is 5.82 Å². The van der Waals surface area contributed by atoms with Gasteiger partial charge in [0.05, 0.1) is 18.2 Å². The molecule has 1 aromatic rings. The molecule has 7 heteroatoms. The SMILES string of the molecule is NC1=NCC(c2ccc(F)c(C(F)(F)F)c2)N1. The van der Waals surface area contributed by atoms with E-state index in [2.05, 4.69) is 10.3 Å². The first-order valence-electron chi connectivity index (χ1n) is 4.81. The lowest BCUT2D eigenvalue weighted by Crippen LogP contribution is -2.29. The Morgan fingerprint density at radius 3 is 2.59 bits per heavy atom. The van der Waals surface area contributed by atoms with Crippen molar-refractivity contribution < 1.29 is 17.6 Å². The molecule has 1 atom stereocenters. The van der Waals surface area contributed by atoms with E-state index in [1.54, 1.807) is 0 Å². The van der Waals surface area contributed by atoms with E-state index in [0.29, 0.717) is 5.56 Å². The molecule has 0 bridgehead atoms. The summed E-state index contributed by atoms with van der Waals surface area (Å²) in [6.45, 7) is 0.245. The van der Waals surface area contributed by atoms with Crippen LogP contribution < -0.4 is 11.1 Å². The summed E-state index contributed by atoms with van der Waals surface area (Å²) in [4.78, 5) is 3.82. The second-order valence-electron chi connectivity index (χ2n) is 3.66. The van der Waals surface area contributed by atoms with Gasteiger partial charge < -0.3 is 11.1 Å². The van der Waals surface area contributed by atoms with Crippen molar-refractivity contribution in [3.05, 3.63) is 35.1 Å². The van der Waals surface area contributed by atoms with Crippen LogP contribution in [0.25, 0.3) is 0 Å². The number of aliphatic imine (C=N–C) groups is 1. The van der Waals surface area contributed by atoms with Gasteiger partial charge in [-0.3, -0.25) is 4.99 Å². The molecule has 1 aliphatic heterocycles. The number of benzene rings is 1. The number of hydrogen-bond donors (Lipinski definition) is 2. The first-order valence-corrected chi connectivity index (χ1v) is 4.81. The molecule has 1 unspecified atom stereocenters. The van der Waals surface area contributed by atoms with Crippen molar-refractivity contribution in [3.8, 4) is 0 Å². The fourth-order valence-electron chi connectivity index (χ4n) is 1.63. The lowest BCUT2D eigenvalue weighted by molar-refractivity contribution is -0.140. The van der Waals surface area contributed by atoms with Crippen LogP contribution in [-0.2, 0) is 6.18 Å². The van der Waals surface area contributed by atoms with Crippen molar-refractivity contribution in [1.29, 1.82) is 0 Å². The minimum atomic E-state index is -4.70. The monoisotopic (exact) mass is 247 g/mol. The zero-order chi connectivity index (χ0) is 12.6. The fourth-order valence-corrected chi connectivity index (χ4v) is 1.63. The van der Waals surface area contributed by atoms with Gasteiger partial charge in [0.1, 0.15) is 5.82 Å². The maximum atomic E-state index is 13.0. The van der Waals surface area contributed by atoms with E-state index in [-0.39, 0.29) is 12.5 Å². The predicted molar refractivity (Wildman–Crippen MR) is 53.8 cm³/mol. The topological polar surface area (TPSA) is 50.4 Å².